The molecular weight excluding hydrogens is 178 g/mol. The van der Waals surface area contributed by atoms with Crippen molar-refractivity contribution in [3.8, 4) is 0 Å². The van der Waals surface area contributed by atoms with Crippen LogP contribution in [0.3, 0.4) is 0 Å². The van der Waals surface area contributed by atoms with E-state index in [4.69, 9.17) is 5.11 Å². The molecule has 1 aliphatic carbocycles. The maximum Gasteiger partial charge on any atom is 0.247 e. The van der Waals surface area contributed by atoms with Gasteiger partial charge in [-0.3, -0.25) is 4.79 Å². The van der Waals surface area contributed by atoms with Crippen molar-refractivity contribution in [2.75, 3.05) is 6.61 Å². The van der Waals surface area contributed by atoms with Gasteiger partial charge in [-0.1, -0.05) is 12.2 Å². The number of hydrogen-bond acceptors (Lipinski definition) is 2. The third kappa shape index (κ3) is 2.70. The van der Waals surface area contributed by atoms with Gasteiger partial charge in [0.15, 0.2) is 0 Å². The molecule has 1 unspecified atom stereocenters. The molecule has 0 aliphatic heterocycles. The number of amides is 1. The first-order chi connectivity index (χ1) is 6.65. The van der Waals surface area contributed by atoms with Crippen LogP contribution < -0.4 is 5.32 Å². The third-order valence-corrected chi connectivity index (χ3v) is 2.33. The number of aliphatic hydroxyl groups is 1. The van der Waals surface area contributed by atoms with E-state index in [9.17, 15) is 4.79 Å². The summed E-state index contributed by atoms with van der Waals surface area (Å²) >= 11 is 0. The first-order valence-corrected chi connectivity index (χ1v) is 4.93. The molecule has 1 rings (SSSR count). The van der Waals surface area contributed by atoms with Crippen LogP contribution in [0.2, 0.25) is 0 Å². The molecule has 0 fully saturated rings. The van der Waals surface area contributed by atoms with Crippen molar-refractivity contribution in [1.29, 1.82) is 0 Å². The fraction of sp³-hybridized carbons (Fsp3) is 0.545. The summed E-state index contributed by atoms with van der Waals surface area (Å²) in [7, 11) is 0. The van der Waals surface area contributed by atoms with Crippen LogP contribution in [0.1, 0.15) is 26.7 Å². The van der Waals surface area contributed by atoms with Crippen molar-refractivity contribution in [1.82, 2.24) is 5.32 Å². The minimum absolute atomic E-state index is 0.0199. The minimum Gasteiger partial charge on any atom is -0.394 e. The van der Waals surface area contributed by atoms with Crippen LogP contribution in [-0.2, 0) is 4.79 Å². The highest BCUT2D eigenvalue weighted by Crippen LogP contribution is 2.18. The van der Waals surface area contributed by atoms with Gasteiger partial charge in [0.05, 0.1) is 6.61 Å². The summed E-state index contributed by atoms with van der Waals surface area (Å²) in [6.45, 7) is 3.70. The van der Waals surface area contributed by atoms with Gasteiger partial charge in [-0.25, -0.2) is 0 Å². The van der Waals surface area contributed by atoms with Crippen molar-refractivity contribution in [3.63, 3.8) is 0 Å². The zero-order chi connectivity index (χ0) is 10.6. The Morgan fingerprint density at radius 3 is 3.00 bits per heavy atom. The van der Waals surface area contributed by atoms with E-state index in [0.717, 1.165) is 24.0 Å². The Morgan fingerprint density at radius 1 is 1.71 bits per heavy atom. The van der Waals surface area contributed by atoms with E-state index < -0.39 is 0 Å². The first-order valence-electron chi connectivity index (χ1n) is 4.93. The molecule has 78 valence electrons. The molecule has 2 N–H and O–H groups in total. The van der Waals surface area contributed by atoms with Crippen molar-refractivity contribution in [2.45, 2.75) is 32.7 Å². The molecule has 0 saturated carbocycles. The van der Waals surface area contributed by atoms with E-state index in [1.54, 1.807) is 6.92 Å². The Hall–Kier alpha value is -1.09. The van der Waals surface area contributed by atoms with Crippen LogP contribution in [-0.4, -0.2) is 23.7 Å². The number of carbonyl (C=O) groups excluding carboxylic acids is 1. The lowest BCUT2D eigenvalue weighted by molar-refractivity contribution is -0.118. The second-order valence-corrected chi connectivity index (χ2v) is 3.66. The highest BCUT2D eigenvalue weighted by Gasteiger charge is 2.15. The highest BCUT2D eigenvalue weighted by molar-refractivity contribution is 5.95. The maximum absolute atomic E-state index is 11.7. The molecule has 0 saturated heterocycles. The summed E-state index contributed by atoms with van der Waals surface area (Å²) in [5, 5.41) is 11.6. The topological polar surface area (TPSA) is 49.3 Å². The largest absolute Gasteiger partial charge is 0.394 e. The zero-order valence-corrected chi connectivity index (χ0v) is 8.71. The van der Waals surface area contributed by atoms with Crippen LogP contribution >= 0.6 is 0 Å². The molecule has 0 aromatic carbocycles. The molecular formula is C11H17NO2. The molecule has 0 spiro atoms. The van der Waals surface area contributed by atoms with Gasteiger partial charge in [0, 0.05) is 11.6 Å². The second kappa shape index (κ2) is 4.96. The Kier molecular flexibility index (Phi) is 3.89. The average Bonchev–Trinajstić information content (AvgIpc) is 2.18. The number of hydrogen-bond donors (Lipinski definition) is 2. The molecule has 0 heterocycles. The second-order valence-electron chi connectivity index (χ2n) is 3.66. The lowest BCUT2D eigenvalue weighted by Gasteiger charge is -2.16. The summed E-state index contributed by atoms with van der Waals surface area (Å²) in [5.41, 5.74) is 1.87. The Balaban J connectivity index is 2.64. The van der Waals surface area contributed by atoms with Crippen LogP contribution in [0.25, 0.3) is 0 Å². The molecule has 0 aromatic heterocycles. The van der Waals surface area contributed by atoms with Gasteiger partial charge >= 0.3 is 0 Å². The number of allylic oxidation sites excluding steroid dienone is 3. The lowest BCUT2D eigenvalue weighted by Crippen LogP contribution is -2.36. The molecule has 14 heavy (non-hydrogen) atoms. The molecule has 0 bridgehead atoms. The standard InChI is InChI=1S/C11H17NO2/c1-8-5-3-4-6-10(8)11(14)12-9(2)7-13/h3,5,9,13H,4,6-7H2,1-2H3,(H,12,14). The Morgan fingerprint density at radius 2 is 2.43 bits per heavy atom. The monoisotopic (exact) mass is 195 g/mol. The van der Waals surface area contributed by atoms with Gasteiger partial charge in [0.2, 0.25) is 5.91 Å². The smallest absolute Gasteiger partial charge is 0.247 e. The third-order valence-electron chi connectivity index (χ3n) is 2.33. The van der Waals surface area contributed by atoms with E-state index >= 15 is 0 Å². The highest BCUT2D eigenvalue weighted by atomic mass is 16.3. The fourth-order valence-electron chi connectivity index (χ4n) is 1.43. The minimum atomic E-state index is -0.172. The van der Waals surface area contributed by atoms with Crippen molar-refractivity contribution in [3.05, 3.63) is 23.3 Å². The predicted molar refractivity (Wildman–Crippen MR) is 55.8 cm³/mol. The lowest BCUT2D eigenvalue weighted by atomic mass is 9.98. The number of aliphatic hydroxyl groups excluding tert-OH is 1. The summed E-state index contributed by atoms with van der Waals surface area (Å²) in [5.74, 6) is -0.0478. The molecule has 1 amide bonds. The van der Waals surface area contributed by atoms with E-state index in [0.29, 0.717) is 0 Å². The quantitative estimate of drug-likeness (QED) is 0.709. The van der Waals surface area contributed by atoms with Gasteiger partial charge in [-0.05, 0) is 32.3 Å². The van der Waals surface area contributed by atoms with Gasteiger partial charge in [0.25, 0.3) is 0 Å². The summed E-state index contributed by atoms with van der Waals surface area (Å²) < 4.78 is 0. The zero-order valence-electron chi connectivity index (χ0n) is 8.71. The van der Waals surface area contributed by atoms with Crippen LogP contribution in [0.15, 0.2) is 23.3 Å². The molecule has 3 nitrogen and oxygen atoms in total. The van der Waals surface area contributed by atoms with Gasteiger partial charge < -0.3 is 10.4 Å². The maximum atomic E-state index is 11.7. The Labute approximate surface area is 84.5 Å². The van der Waals surface area contributed by atoms with E-state index in [1.165, 1.54) is 0 Å². The number of nitrogens with one attached hydrogen (secondary N) is 1. The molecule has 1 aliphatic rings. The van der Waals surface area contributed by atoms with E-state index in [2.05, 4.69) is 11.4 Å². The predicted octanol–water partition coefficient (Wildman–Crippen LogP) is 1.15. The van der Waals surface area contributed by atoms with Gasteiger partial charge in [0.1, 0.15) is 0 Å². The van der Waals surface area contributed by atoms with E-state index in [-0.39, 0.29) is 18.6 Å². The van der Waals surface area contributed by atoms with Crippen LogP contribution in [0.5, 0.6) is 0 Å². The van der Waals surface area contributed by atoms with Crippen LogP contribution in [0, 0.1) is 0 Å². The molecule has 3 heteroatoms. The Bertz CT molecular complexity index is 279. The normalized spacial score (nSPS) is 18.2. The SMILES string of the molecule is CC1=C(C(=O)NC(C)CO)CCC=C1. The van der Waals surface area contributed by atoms with Gasteiger partial charge in [-0.15, -0.1) is 0 Å². The van der Waals surface area contributed by atoms with E-state index in [1.807, 2.05) is 13.0 Å². The van der Waals surface area contributed by atoms with Crippen molar-refractivity contribution >= 4 is 5.91 Å². The molecule has 0 radical (unpaired) electrons. The average molecular weight is 195 g/mol. The van der Waals surface area contributed by atoms with Crippen molar-refractivity contribution in [2.24, 2.45) is 0 Å². The fourth-order valence-corrected chi connectivity index (χ4v) is 1.43. The van der Waals surface area contributed by atoms with Crippen molar-refractivity contribution < 1.29 is 9.90 Å². The number of rotatable bonds is 3. The number of carbonyl (C=O) groups is 1. The molecule has 0 aromatic rings. The van der Waals surface area contributed by atoms with Gasteiger partial charge in [-0.2, -0.15) is 0 Å². The molecule has 1 atom stereocenters. The summed E-state index contributed by atoms with van der Waals surface area (Å²) in [6, 6.07) is -0.172. The van der Waals surface area contributed by atoms with Crippen LogP contribution in [0.4, 0.5) is 0 Å². The first kappa shape index (κ1) is 11.0. The summed E-state index contributed by atoms with van der Waals surface area (Å²) in [6.07, 6.45) is 5.77. The summed E-state index contributed by atoms with van der Waals surface area (Å²) in [4.78, 5) is 11.7.